The van der Waals surface area contributed by atoms with Crippen LogP contribution in [-0.4, -0.2) is 96.9 Å². The number of benzene rings is 1. The third-order valence-corrected chi connectivity index (χ3v) is 6.46. The summed E-state index contributed by atoms with van der Waals surface area (Å²) >= 11 is 0. The van der Waals surface area contributed by atoms with Crippen LogP contribution in [0.1, 0.15) is 25.8 Å². The Kier molecular flexibility index (Phi) is 7.31. The fraction of sp³-hybridized carbons (Fsp3) is 0.625. The first-order chi connectivity index (χ1) is 15.9. The Labute approximate surface area is 194 Å². The van der Waals surface area contributed by atoms with Crippen molar-refractivity contribution >= 4 is 17.8 Å². The summed E-state index contributed by atoms with van der Waals surface area (Å²) in [6, 6.07) is 9.53. The van der Waals surface area contributed by atoms with Gasteiger partial charge < -0.3 is 24.0 Å². The van der Waals surface area contributed by atoms with Crippen LogP contribution in [0.25, 0.3) is 0 Å². The number of methoxy groups -OCH3 is 1. The lowest BCUT2D eigenvalue weighted by Gasteiger charge is -2.37. The molecule has 3 aliphatic rings. The van der Waals surface area contributed by atoms with Gasteiger partial charge in [-0.25, -0.2) is 4.79 Å². The molecular weight excluding hydrogens is 426 g/mol. The van der Waals surface area contributed by atoms with Gasteiger partial charge in [0.25, 0.3) is 11.8 Å². The molecule has 0 radical (unpaired) electrons. The van der Waals surface area contributed by atoms with E-state index in [-0.39, 0.29) is 24.3 Å². The van der Waals surface area contributed by atoms with Crippen LogP contribution in [0.3, 0.4) is 0 Å². The highest BCUT2D eigenvalue weighted by Gasteiger charge is 2.54. The fourth-order valence-corrected chi connectivity index (χ4v) is 4.74. The number of ether oxygens (including phenoxy) is 3. The fourth-order valence-electron chi connectivity index (χ4n) is 4.74. The number of carbonyl (C=O) groups is 3. The van der Waals surface area contributed by atoms with Crippen molar-refractivity contribution in [2.45, 2.75) is 51.4 Å². The number of morpholine rings is 1. The molecule has 4 rings (SSSR count). The summed E-state index contributed by atoms with van der Waals surface area (Å²) in [4.78, 5) is 44.4. The molecule has 1 aromatic carbocycles. The van der Waals surface area contributed by atoms with Gasteiger partial charge in [0.05, 0.1) is 13.7 Å². The molecule has 3 aliphatic heterocycles. The monoisotopic (exact) mass is 459 g/mol. The predicted molar refractivity (Wildman–Crippen MR) is 119 cm³/mol. The second-order valence-corrected chi connectivity index (χ2v) is 9.29. The topological polar surface area (TPSA) is 88.6 Å². The predicted octanol–water partition coefficient (Wildman–Crippen LogP) is 0.871. The van der Waals surface area contributed by atoms with E-state index in [0.29, 0.717) is 19.5 Å². The lowest BCUT2D eigenvalue weighted by molar-refractivity contribution is -0.174. The van der Waals surface area contributed by atoms with E-state index in [1.165, 1.54) is 17.6 Å². The summed E-state index contributed by atoms with van der Waals surface area (Å²) in [5, 5.41) is 0. The van der Waals surface area contributed by atoms with E-state index in [2.05, 4.69) is 17.0 Å². The van der Waals surface area contributed by atoms with E-state index in [0.717, 1.165) is 19.6 Å². The number of nitrogens with zero attached hydrogens (tertiary/aromatic N) is 3. The number of hydrogen-bond donors (Lipinski definition) is 0. The smallest absolute Gasteiger partial charge is 0.328 e. The quantitative estimate of drug-likeness (QED) is 0.559. The third kappa shape index (κ3) is 5.20. The molecule has 1 aromatic rings. The molecule has 3 heterocycles. The van der Waals surface area contributed by atoms with E-state index in [1.54, 1.807) is 4.90 Å². The minimum Gasteiger partial charge on any atom is -0.467 e. The van der Waals surface area contributed by atoms with E-state index in [1.807, 2.05) is 32.0 Å². The van der Waals surface area contributed by atoms with Gasteiger partial charge in [-0.1, -0.05) is 44.2 Å². The Morgan fingerprint density at radius 3 is 2.42 bits per heavy atom. The zero-order valence-corrected chi connectivity index (χ0v) is 19.5. The standard InChI is InChI=1S/C24H33N3O6/c1-16(2)13-18(24(30)31-3)27-15-19-32-20(21(33-19)23(27)29)22(28)26-11-9-25(10-12-26)14-17-7-5-4-6-8-17/h4-8,16,18-21H,9-15H2,1-3H3/t18-,19-,20-,21-/m0/s1. The Balaban J connectivity index is 1.37. The molecule has 0 aromatic heterocycles. The largest absolute Gasteiger partial charge is 0.467 e. The van der Waals surface area contributed by atoms with Crippen LogP contribution in [-0.2, 0) is 35.1 Å². The zero-order chi connectivity index (χ0) is 23.5. The summed E-state index contributed by atoms with van der Waals surface area (Å²) in [6.45, 7) is 7.55. The Bertz CT molecular complexity index is 855. The van der Waals surface area contributed by atoms with Crippen LogP contribution < -0.4 is 0 Å². The summed E-state index contributed by atoms with van der Waals surface area (Å²) in [6.07, 6.45) is -2.26. The second-order valence-electron chi connectivity index (χ2n) is 9.29. The lowest BCUT2D eigenvalue weighted by atomic mass is 10.0. The second kappa shape index (κ2) is 10.2. The number of piperazine rings is 1. The maximum Gasteiger partial charge on any atom is 0.328 e. The van der Waals surface area contributed by atoms with E-state index >= 15 is 0 Å². The van der Waals surface area contributed by atoms with Gasteiger partial charge in [-0.15, -0.1) is 0 Å². The average Bonchev–Trinajstić information content (AvgIpc) is 3.19. The van der Waals surface area contributed by atoms with Gasteiger partial charge in [0.15, 0.2) is 18.5 Å². The maximum atomic E-state index is 13.2. The number of esters is 1. The summed E-state index contributed by atoms with van der Waals surface area (Å²) in [5.74, 6) is -0.889. The van der Waals surface area contributed by atoms with Crippen LogP contribution in [0.2, 0.25) is 0 Å². The lowest BCUT2D eigenvalue weighted by Crippen LogP contribution is -2.58. The minimum atomic E-state index is -1.03. The molecule has 4 atom stereocenters. The molecular formula is C24H33N3O6. The Morgan fingerprint density at radius 1 is 1.09 bits per heavy atom. The van der Waals surface area contributed by atoms with Gasteiger partial charge in [-0.3, -0.25) is 14.5 Å². The molecule has 0 N–H and O–H groups in total. The molecule has 9 nitrogen and oxygen atoms in total. The van der Waals surface area contributed by atoms with Crippen molar-refractivity contribution in [3.63, 3.8) is 0 Å². The van der Waals surface area contributed by atoms with E-state index in [4.69, 9.17) is 14.2 Å². The highest BCUT2D eigenvalue weighted by molar-refractivity contribution is 5.94. The Morgan fingerprint density at radius 2 is 1.79 bits per heavy atom. The minimum absolute atomic E-state index is 0.108. The van der Waals surface area contributed by atoms with Gasteiger partial charge in [0, 0.05) is 32.7 Å². The number of carbonyl (C=O) groups excluding carboxylic acids is 3. The van der Waals surface area contributed by atoms with Crippen molar-refractivity contribution in [3.05, 3.63) is 35.9 Å². The highest BCUT2D eigenvalue weighted by atomic mass is 16.7. The average molecular weight is 460 g/mol. The van der Waals surface area contributed by atoms with Crippen molar-refractivity contribution in [1.29, 1.82) is 0 Å². The summed E-state index contributed by atoms with van der Waals surface area (Å²) in [7, 11) is 1.31. The number of hydrogen-bond acceptors (Lipinski definition) is 7. The van der Waals surface area contributed by atoms with Crippen LogP contribution in [0.15, 0.2) is 30.3 Å². The van der Waals surface area contributed by atoms with Crippen LogP contribution >= 0.6 is 0 Å². The van der Waals surface area contributed by atoms with Gasteiger partial charge in [0.1, 0.15) is 6.04 Å². The van der Waals surface area contributed by atoms with Gasteiger partial charge in [-0.05, 0) is 17.9 Å². The molecule has 180 valence electrons. The molecule has 0 saturated carbocycles. The first-order valence-electron chi connectivity index (χ1n) is 11.6. The number of amides is 2. The van der Waals surface area contributed by atoms with Crippen molar-refractivity contribution in [1.82, 2.24) is 14.7 Å². The molecule has 9 heteroatoms. The maximum absolute atomic E-state index is 13.2. The molecule has 2 amide bonds. The summed E-state index contributed by atoms with van der Waals surface area (Å²) in [5.41, 5.74) is 1.24. The number of rotatable bonds is 7. The van der Waals surface area contributed by atoms with Crippen molar-refractivity contribution in [2.75, 3.05) is 39.8 Å². The van der Waals surface area contributed by atoms with Gasteiger partial charge in [0.2, 0.25) is 0 Å². The molecule has 3 saturated heterocycles. The SMILES string of the molecule is COC(=O)[C@H](CC(C)C)N1C[C@H]2O[C@H](C(=O)N3CCN(Cc4ccccc4)CC3)[C@H](O2)C1=O. The van der Waals surface area contributed by atoms with Crippen LogP contribution in [0, 0.1) is 5.92 Å². The molecule has 0 aliphatic carbocycles. The number of fused-ring (bicyclic) bond motifs is 2. The normalized spacial score (nSPS) is 26.5. The van der Waals surface area contributed by atoms with E-state index in [9.17, 15) is 14.4 Å². The van der Waals surface area contributed by atoms with Crippen molar-refractivity contribution < 1.29 is 28.6 Å². The molecule has 2 bridgehead atoms. The third-order valence-electron chi connectivity index (χ3n) is 6.46. The molecule has 33 heavy (non-hydrogen) atoms. The van der Waals surface area contributed by atoms with Crippen molar-refractivity contribution in [3.8, 4) is 0 Å². The van der Waals surface area contributed by atoms with E-state index < -0.39 is 30.5 Å². The summed E-state index contributed by atoms with van der Waals surface area (Å²) < 4.78 is 16.5. The van der Waals surface area contributed by atoms with Crippen LogP contribution in [0.4, 0.5) is 0 Å². The zero-order valence-electron chi connectivity index (χ0n) is 19.5. The Hall–Kier alpha value is -2.49. The van der Waals surface area contributed by atoms with Gasteiger partial charge in [-0.2, -0.15) is 0 Å². The van der Waals surface area contributed by atoms with Crippen molar-refractivity contribution in [2.24, 2.45) is 5.92 Å². The molecule has 0 spiro atoms. The first-order valence-corrected chi connectivity index (χ1v) is 11.6. The van der Waals surface area contributed by atoms with Gasteiger partial charge >= 0.3 is 5.97 Å². The molecule has 3 fully saturated rings. The highest BCUT2D eigenvalue weighted by Crippen LogP contribution is 2.31. The first kappa shape index (κ1) is 23.7. The van der Waals surface area contributed by atoms with Crippen LogP contribution in [0.5, 0.6) is 0 Å². The molecule has 0 unspecified atom stereocenters.